The van der Waals surface area contributed by atoms with E-state index < -0.39 is 9.05 Å². The van der Waals surface area contributed by atoms with Crippen molar-refractivity contribution < 1.29 is 13.2 Å². The molecule has 1 aromatic rings. The second-order valence-corrected chi connectivity index (χ2v) is 7.71. The highest BCUT2D eigenvalue weighted by Gasteiger charge is 2.33. The molecule has 1 aliphatic heterocycles. The van der Waals surface area contributed by atoms with E-state index in [-0.39, 0.29) is 24.0 Å². The normalized spacial score (nSPS) is 20.1. The predicted octanol–water partition coefficient (Wildman–Crippen LogP) is 1.62. The van der Waals surface area contributed by atoms with Gasteiger partial charge in [0.1, 0.15) is 0 Å². The Balaban J connectivity index is 2.20. The molecule has 0 aromatic carbocycles. The molecule has 2 rings (SSSR count). The third-order valence-corrected chi connectivity index (χ3v) is 4.27. The monoisotopic (exact) mass is 302 g/mol. The summed E-state index contributed by atoms with van der Waals surface area (Å²) in [6, 6.07) is 3.64. The first kappa shape index (κ1) is 14.3. The molecule has 2 heterocycles. The molecule has 0 N–H and O–H groups in total. The Morgan fingerprint density at radius 1 is 1.37 bits per heavy atom. The number of pyridine rings is 1. The van der Waals surface area contributed by atoms with Crippen molar-refractivity contribution in [2.75, 3.05) is 17.2 Å². The van der Waals surface area contributed by atoms with Gasteiger partial charge in [-0.15, -0.1) is 0 Å². The fourth-order valence-corrected chi connectivity index (χ4v) is 3.71. The molecule has 0 aliphatic carbocycles. The maximum atomic E-state index is 12.0. The molecular weight excluding hydrogens is 288 g/mol. The van der Waals surface area contributed by atoms with Crippen molar-refractivity contribution in [2.45, 2.75) is 20.3 Å². The van der Waals surface area contributed by atoms with E-state index in [1.165, 1.54) is 0 Å². The first-order chi connectivity index (χ1) is 8.74. The molecule has 0 bridgehead atoms. The Kier molecular flexibility index (Phi) is 3.82. The van der Waals surface area contributed by atoms with Gasteiger partial charge in [0.25, 0.3) is 0 Å². The Morgan fingerprint density at radius 3 is 2.47 bits per heavy atom. The Morgan fingerprint density at radius 2 is 1.95 bits per heavy atom. The number of aromatic nitrogens is 1. The number of aryl methyl sites for hydroxylation is 2. The highest BCUT2D eigenvalue weighted by molar-refractivity contribution is 8.13. The number of hydrogen-bond acceptors (Lipinski definition) is 4. The molecule has 1 saturated heterocycles. The molecule has 1 unspecified atom stereocenters. The van der Waals surface area contributed by atoms with Crippen LogP contribution in [0.1, 0.15) is 17.8 Å². The van der Waals surface area contributed by atoms with Crippen molar-refractivity contribution in [1.82, 2.24) is 4.98 Å². The van der Waals surface area contributed by atoms with Gasteiger partial charge in [-0.2, -0.15) is 0 Å². The van der Waals surface area contributed by atoms with Gasteiger partial charge in [-0.05, 0) is 26.0 Å². The van der Waals surface area contributed by atoms with Crippen LogP contribution in [0, 0.1) is 19.8 Å². The zero-order chi connectivity index (χ0) is 14.2. The van der Waals surface area contributed by atoms with Crippen LogP contribution >= 0.6 is 10.7 Å². The topological polar surface area (TPSA) is 67.3 Å². The minimum atomic E-state index is -3.57. The summed E-state index contributed by atoms with van der Waals surface area (Å²) in [5.41, 5.74) is 2.43. The van der Waals surface area contributed by atoms with Gasteiger partial charge in [-0.1, -0.05) is 0 Å². The minimum Gasteiger partial charge on any atom is -0.312 e. The van der Waals surface area contributed by atoms with Crippen LogP contribution in [0.5, 0.6) is 0 Å². The van der Waals surface area contributed by atoms with Gasteiger partial charge in [0.15, 0.2) is 0 Å². The maximum absolute atomic E-state index is 12.0. The fourth-order valence-electron chi connectivity index (χ4n) is 2.39. The molecule has 1 atom stereocenters. The third-order valence-electron chi connectivity index (χ3n) is 3.02. The van der Waals surface area contributed by atoms with Gasteiger partial charge in [-0.3, -0.25) is 9.78 Å². The Bertz CT molecular complexity index is 595. The highest BCUT2D eigenvalue weighted by atomic mass is 35.7. The van der Waals surface area contributed by atoms with Crippen LogP contribution in [-0.4, -0.2) is 31.6 Å². The summed E-state index contributed by atoms with van der Waals surface area (Å²) >= 11 is 0. The lowest BCUT2D eigenvalue weighted by Crippen LogP contribution is -2.25. The summed E-state index contributed by atoms with van der Waals surface area (Å²) in [5.74, 6) is -0.487. The number of nitrogens with zero attached hydrogens (tertiary/aromatic N) is 2. The van der Waals surface area contributed by atoms with Crippen LogP contribution < -0.4 is 4.90 Å². The quantitative estimate of drug-likeness (QED) is 0.796. The van der Waals surface area contributed by atoms with Gasteiger partial charge in [-0.25, -0.2) is 8.42 Å². The summed E-state index contributed by atoms with van der Waals surface area (Å²) in [7, 11) is 1.67. The number of anilines is 1. The number of carbonyl (C=O) groups excluding carboxylic acids is 1. The first-order valence-corrected chi connectivity index (χ1v) is 8.40. The lowest BCUT2D eigenvalue weighted by Gasteiger charge is -2.17. The van der Waals surface area contributed by atoms with Crippen LogP contribution in [-0.2, 0) is 13.8 Å². The van der Waals surface area contributed by atoms with E-state index in [9.17, 15) is 13.2 Å². The maximum Gasteiger partial charge on any atom is 0.232 e. The summed E-state index contributed by atoms with van der Waals surface area (Å²) in [4.78, 5) is 17.8. The molecular formula is C12H15ClN2O3S. The van der Waals surface area contributed by atoms with E-state index in [0.717, 1.165) is 17.1 Å². The van der Waals surface area contributed by atoms with Crippen LogP contribution in [0.3, 0.4) is 0 Å². The average molecular weight is 303 g/mol. The van der Waals surface area contributed by atoms with Crippen molar-refractivity contribution in [1.29, 1.82) is 0 Å². The Labute approximate surface area is 117 Å². The van der Waals surface area contributed by atoms with Crippen LogP contribution in [0.15, 0.2) is 12.1 Å². The molecule has 104 valence electrons. The summed E-state index contributed by atoms with van der Waals surface area (Å²) in [6.45, 7) is 4.10. The van der Waals surface area contributed by atoms with Crippen molar-refractivity contribution in [3.05, 3.63) is 23.5 Å². The lowest BCUT2D eigenvalue weighted by molar-refractivity contribution is -0.117. The van der Waals surface area contributed by atoms with E-state index in [4.69, 9.17) is 10.7 Å². The Hall–Kier alpha value is -1.14. The smallest absolute Gasteiger partial charge is 0.232 e. The van der Waals surface area contributed by atoms with Gasteiger partial charge < -0.3 is 4.90 Å². The number of carbonyl (C=O) groups is 1. The molecule has 5 nitrogen and oxygen atoms in total. The third kappa shape index (κ3) is 3.67. The predicted molar refractivity (Wildman–Crippen MR) is 73.8 cm³/mol. The van der Waals surface area contributed by atoms with Crippen molar-refractivity contribution in [2.24, 2.45) is 5.92 Å². The van der Waals surface area contributed by atoms with Crippen LogP contribution in [0.25, 0.3) is 0 Å². The molecule has 1 aliphatic rings. The van der Waals surface area contributed by atoms with E-state index >= 15 is 0 Å². The van der Waals surface area contributed by atoms with E-state index in [1.807, 2.05) is 26.0 Å². The highest BCUT2D eigenvalue weighted by Crippen LogP contribution is 2.27. The molecule has 19 heavy (non-hydrogen) atoms. The minimum absolute atomic E-state index is 0.0738. The van der Waals surface area contributed by atoms with Gasteiger partial charge >= 0.3 is 0 Å². The molecule has 0 spiro atoms. The molecule has 0 saturated carbocycles. The van der Waals surface area contributed by atoms with Gasteiger partial charge in [0, 0.05) is 46.6 Å². The van der Waals surface area contributed by atoms with E-state index in [1.54, 1.807) is 4.90 Å². The van der Waals surface area contributed by atoms with Crippen LogP contribution in [0.2, 0.25) is 0 Å². The zero-order valence-electron chi connectivity index (χ0n) is 10.8. The van der Waals surface area contributed by atoms with Crippen LogP contribution in [0.4, 0.5) is 5.69 Å². The van der Waals surface area contributed by atoms with Gasteiger partial charge in [0.05, 0.1) is 5.75 Å². The summed E-state index contributed by atoms with van der Waals surface area (Å²) in [6.07, 6.45) is 0.215. The largest absolute Gasteiger partial charge is 0.312 e. The number of hydrogen-bond donors (Lipinski definition) is 0. The molecule has 1 amide bonds. The molecule has 0 radical (unpaired) electrons. The number of halogens is 1. The van der Waals surface area contributed by atoms with Gasteiger partial charge in [0.2, 0.25) is 15.0 Å². The SMILES string of the molecule is Cc1cc(N2CC(CS(=O)(=O)Cl)CC2=O)cc(C)n1. The molecule has 1 fully saturated rings. The first-order valence-electron chi connectivity index (χ1n) is 5.92. The lowest BCUT2D eigenvalue weighted by atomic mass is 10.1. The second-order valence-electron chi connectivity index (χ2n) is 4.89. The van der Waals surface area contributed by atoms with Crippen molar-refractivity contribution in [3.8, 4) is 0 Å². The fraction of sp³-hybridized carbons (Fsp3) is 0.500. The standard InChI is InChI=1S/C12H15ClN2O3S/c1-8-3-11(4-9(2)14-8)15-6-10(5-12(15)16)7-19(13,17)18/h3-4,10H,5-7H2,1-2H3. The second kappa shape index (κ2) is 5.09. The summed E-state index contributed by atoms with van der Waals surface area (Å²) < 4.78 is 22.1. The number of rotatable bonds is 3. The van der Waals surface area contributed by atoms with Crippen molar-refractivity contribution >= 4 is 31.3 Å². The average Bonchev–Trinajstić information content (AvgIpc) is 2.54. The van der Waals surface area contributed by atoms with Crippen molar-refractivity contribution in [3.63, 3.8) is 0 Å². The van der Waals surface area contributed by atoms with E-state index in [0.29, 0.717) is 6.54 Å². The summed E-state index contributed by atoms with van der Waals surface area (Å²) in [5, 5.41) is 0. The number of amides is 1. The van der Waals surface area contributed by atoms with E-state index in [2.05, 4.69) is 4.98 Å². The molecule has 7 heteroatoms. The zero-order valence-corrected chi connectivity index (χ0v) is 12.3. The molecule has 1 aromatic heterocycles.